The second-order valence-corrected chi connectivity index (χ2v) is 10.1. The zero-order valence-corrected chi connectivity index (χ0v) is 17.1. The molecule has 144 valence electrons. The van der Waals surface area contributed by atoms with Crippen molar-refractivity contribution in [3.63, 3.8) is 0 Å². The Morgan fingerprint density at radius 2 is 1.62 bits per heavy atom. The average Bonchev–Trinajstić information content (AvgIpc) is 3.28. The molecule has 0 aliphatic heterocycles. The molecule has 1 N–H and O–H groups in total. The van der Waals surface area contributed by atoms with Gasteiger partial charge in [-0.2, -0.15) is 0 Å². The van der Waals surface area contributed by atoms with E-state index in [1.807, 2.05) is 18.2 Å². The van der Waals surface area contributed by atoms with Crippen molar-refractivity contribution < 1.29 is 0 Å². The van der Waals surface area contributed by atoms with Gasteiger partial charge in [0.2, 0.25) is 0 Å². The van der Waals surface area contributed by atoms with Crippen LogP contribution in [-0.2, 0) is 5.41 Å². The van der Waals surface area contributed by atoms with Gasteiger partial charge in [-0.3, -0.25) is 0 Å². The molecule has 3 aromatic carbocycles. The first kappa shape index (κ1) is 16.5. The molecule has 0 heterocycles. The highest BCUT2D eigenvalue weighted by atomic mass is 35.5. The predicted octanol–water partition coefficient (Wildman–Crippen LogP) is 7.42. The van der Waals surface area contributed by atoms with Crippen LogP contribution in [0.3, 0.4) is 0 Å². The summed E-state index contributed by atoms with van der Waals surface area (Å²) >= 11 is 6.43. The SMILES string of the molecule is Clc1ccccc1Nc1ccc2c(c1)C1(c3ccccc3-2)C2CC3CC(C2)C1C3. The molecule has 0 aromatic heterocycles. The molecule has 5 aliphatic carbocycles. The van der Waals surface area contributed by atoms with Crippen LogP contribution >= 0.6 is 11.6 Å². The number of fused-ring (bicyclic) bond motifs is 3. The second kappa shape index (κ2) is 5.67. The number of nitrogens with one attached hydrogen (secondary N) is 1. The summed E-state index contributed by atoms with van der Waals surface area (Å²) in [5.74, 6) is 3.54. The van der Waals surface area contributed by atoms with E-state index in [4.69, 9.17) is 11.6 Å². The van der Waals surface area contributed by atoms with E-state index in [9.17, 15) is 0 Å². The maximum atomic E-state index is 6.43. The van der Waals surface area contributed by atoms with Crippen molar-refractivity contribution in [2.24, 2.45) is 23.7 Å². The van der Waals surface area contributed by atoms with Gasteiger partial charge in [0, 0.05) is 11.1 Å². The number of hydrogen-bond acceptors (Lipinski definition) is 1. The van der Waals surface area contributed by atoms with E-state index in [0.717, 1.165) is 40.1 Å². The van der Waals surface area contributed by atoms with Crippen LogP contribution in [0.5, 0.6) is 0 Å². The van der Waals surface area contributed by atoms with Crippen LogP contribution in [0, 0.1) is 23.7 Å². The van der Waals surface area contributed by atoms with E-state index in [0.29, 0.717) is 0 Å². The third-order valence-corrected chi connectivity index (χ3v) is 8.84. The minimum Gasteiger partial charge on any atom is -0.354 e. The summed E-state index contributed by atoms with van der Waals surface area (Å²) in [4.78, 5) is 0. The maximum absolute atomic E-state index is 6.43. The lowest BCUT2D eigenvalue weighted by molar-refractivity contribution is 0.191. The third kappa shape index (κ3) is 2.02. The Morgan fingerprint density at radius 3 is 2.52 bits per heavy atom. The summed E-state index contributed by atoms with van der Waals surface area (Å²) in [6.45, 7) is 0. The van der Waals surface area contributed by atoms with Gasteiger partial charge in [0.15, 0.2) is 0 Å². The lowest BCUT2D eigenvalue weighted by Crippen LogP contribution is -2.40. The van der Waals surface area contributed by atoms with Crippen molar-refractivity contribution in [1.29, 1.82) is 0 Å². The van der Waals surface area contributed by atoms with Crippen LogP contribution in [0.1, 0.15) is 36.8 Å². The fourth-order valence-electron chi connectivity index (χ4n) is 7.77. The molecule has 0 saturated heterocycles. The number of para-hydroxylation sites is 1. The molecule has 5 aliphatic rings. The van der Waals surface area contributed by atoms with Gasteiger partial charge in [0.25, 0.3) is 0 Å². The van der Waals surface area contributed by atoms with Gasteiger partial charge in [-0.1, -0.05) is 54.1 Å². The van der Waals surface area contributed by atoms with Crippen molar-refractivity contribution in [3.8, 4) is 11.1 Å². The molecule has 4 bridgehead atoms. The molecule has 8 rings (SSSR count). The van der Waals surface area contributed by atoms with Crippen LogP contribution in [0.2, 0.25) is 5.02 Å². The van der Waals surface area contributed by atoms with Crippen LogP contribution in [0.15, 0.2) is 66.7 Å². The minimum absolute atomic E-state index is 0.238. The Morgan fingerprint density at radius 1 is 0.793 bits per heavy atom. The van der Waals surface area contributed by atoms with Crippen LogP contribution < -0.4 is 5.32 Å². The summed E-state index contributed by atoms with van der Waals surface area (Å²) in [6, 6.07) is 24.3. The summed E-state index contributed by atoms with van der Waals surface area (Å²) in [7, 11) is 0. The van der Waals surface area contributed by atoms with Gasteiger partial charge in [-0.05, 0) is 95.9 Å². The molecule has 5 atom stereocenters. The van der Waals surface area contributed by atoms with E-state index in [2.05, 4.69) is 53.8 Å². The predicted molar refractivity (Wildman–Crippen MR) is 120 cm³/mol. The molecular weight excluding hydrogens is 374 g/mol. The van der Waals surface area contributed by atoms with Crippen molar-refractivity contribution >= 4 is 23.0 Å². The van der Waals surface area contributed by atoms with Gasteiger partial charge in [-0.15, -0.1) is 0 Å². The van der Waals surface area contributed by atoms with Crippen molar-refractivity contribution in [2.45, 2.75) is 31.1 Å². The first-order valence-corrected chi connectivity index (χ1v) is 11.4. The molecule has 1 spiro atoms. The third-order valence-electron chi connectivity index (χ3n) is 8.51. The minimum atomic E-state index is 0.238. The molecular formula is C27H24ClN. The quantitative estimate of drug-likeness (QED) is 0.474. The Balaban J connectivity index is 1.42. The highest BCUT2D eigenvalue weighted by Crippen LogP contribution is 2.72. The van der Waals surface area contributed by atoms with Crippen LogP contribution in [0.25, 0.3) is 11.1 Å². The standard InChI is InChI=1S/C27H24ClN/c28-25-7-3-4-8-26(25)29-19-9-10-21-20-5-1-2-6-22(20)27(24(21)15-19)18-12-16-11-17(14-18)23(27)13-16/h1-10,15-18,23,29H,11-14H2. The Hall–Kier alpha value is -2.25. The average molecular weight is 398 g/mol. The van der Waals surface area contributed by atoms with E-state index in [1.165, 1.54) is 36.8 Å². The lowest BCUT2D eigenvalue weighted by Gasteiger charge is -2.44. The first-order chi connectivity index (χ1) is 14.2. The maximum Gasteiger partial charge on any atom is 0.0640 e. The highest BCUT2D eigenvalue weighted by Gasteiger charge is 2.65. The molecule has 4 saturated carbocycles. The normalized spacial score (nSPS) is 32.6. The summed E-state index contributed by atoms with van der Waals surface area (Å²) in [5, 5.41) is 4.36. The lowest BCUT2D eigenvalue weighted by atomic mass is 9.59. The fraction of sp³-hybridized carbons (Fsp3) is 0.333. The largest absolute Gasteiger partial charge is 0.354 e. The molecule has 2 heteroatoms. The zero-order valence-electron chi connectivity index (χ0n) is 16.4. The number of anilines is 2. The summed E-state index contributed by atoms with van der Waals surface area (Å²) < 4.78 is 0. The fourth-order valence-corrected chi connectivity index (χ4v) is 7.95. The van der Waals surface area contributed by atoms with E-state index < -0.39 is 0 Å². The highest BCUT2D eigenvalue weighted by molar-refractivity contribution is 6.33. The molecule has 5 unspecified atom stereocenters. The zero-order chi connectivity index (χ0) is 19.2. The second-order valence-electron chi connectivity index (χ2n) is 9.65. The number of halogens is 1. The van der Waals surface area contributed by atoms with Crippen molar-refractivity contribution in [2.75, 3.05) is 5.32 Å². The van der Waals surface area contributed by atoms with Crippen molar-refractivity contribution in [3.05, 3.63) is 82.9 Å². The number of hydrogen-bond donors (Lipinski definition) is 1. The number of benzene rings is 3. The molecule has 3 aromatic rings. The topological polar surface area (TPSA) is 12.0 Å². The van der Waals surface area contributed by atoms with Gasteiger partial charge < -0.3 is 5.32 Å². The van der Waals surface area contributed by atoms with Gasteiger partial charge in [0.1, 0.15) is 0 Å². The molecule has 29 heavy (non-hydrogen) atoms. The van der Waals surface area contributed by atoms with Gasteiger partial charge in [0.05, 0.1) is 10.7 Å². The summed E-state index contributed by atoms with van der Waals surface area (Å²) in [6.07, 6.45) is 5.75. The van der Waals surface area contributed by atoms with Crippen molar-refractivity contribution in [1.82, 2.24) is 0 Å². The van der Waals surface area contributed by atoms with E-state index in [1.54, 1.807) is 11.1 Å². The number of rotatable bonds is 2. The Bertz CT molecular complexity index is 1150. The molecule has 0 radical (unpaired) electrons. The Labute approximate surface area is 177 Å². The Kier molecular flexibility index (Phi) is 3.23. The first-order valence-electron chi connectivity index (χ1n) is 11.0. The smallest absolute Gasteiger partial charge is 0.0640 e. The van der Waals surface area contributed by atoms with Gasteiger partial charge >= 0.3 is 0 Å². The van der Waals surface area contributed by atoms with E-state index in [-0.39, 0.29) is 5.41 Å². The van der Waals surface area contributed by atoms with Crippen LogP contribution in [0.4, 0.5) is 11.4 Å². The summed E-state index contributed by atoms with van der Waals surface area (Å²) in [5.41, 5.74) is 8.50. The van der Waals surface area contributed by atoms with Crippen LogP contribution in [-0.4, -0.2) is 0 Å². The van der Waals surface area contributed by atoms with E-state index >= 15 is 0 Å². The van der Waals surface area contributed by atoms with Gasteiger partial charge in [-0.25, -0.2) is 0 Å². The molecule has 1 nitrogen and oxygen atoms in total. The monoisotopic (exact) mass is 397 g/mol. The molecule has 4 fully saturated rings. The molecule has 0 amide bonds.